The summed E-state index contributed by atoms with van der Waals surface area (Å²) in [4.78, 5) is 18.3. The Labute approximate surface area is 176 Å². The van der Waals surface area contributed by atoms with Crippen molar-refractivity contribution in [1.82, 2.24) is 9.88 Å². The number of amides is 1. The van der Waals surface area contributed by atoms with Gasteiger partial charge in [-0.25, -0.2) is 4.39 Å². The van der Waals surface area contributed by atoms with Crippen LogP contribution in [0.1, 0.15) is 36.8 Å². The number of hydrogen-bond donors (Lipinski definition) is 2. The number of nitrogens with one attached hydrogen (secondary N) is 2. The van der Waals surface area contributed by atoms with Crippen LogP contribution in [0.15, 0.2) is 42.6 Å². The molecule has 1 aromatic heterocycles. The van der Waals surface area contributed by atoms with Gasteiger partial charge in [-0.15, -0.1) is 0 Å². The number of H-pyrrole nitrogens is 1. The monoisotopic (exact) mass is 409 g/mol. The van der Waals surface area contributed by atoms with Gasteiger partial charge in [0.2, 0.25) is 5.91 Å². The Morgan fingerprint density at radius 3 is 2.73 bits per heavy atom. The molecule has 2 N–H and O–H groups in total. The van der Waals surface area contributed by atoms with Gasteiger partial charge in [0.05, 0.1) is 13.2 Å². The molecule has 2 heterocycles. The van der Waals surface area contributed by atoms with Gasteiger partial charge >= 0.3 is 0 Å². The number of aromatic amines is 1. The van der Waals surface area contributed by atoms with Gasteiger partial charge in [-0.2, -0.15) is 0 Å². The molecule has 1 amide bonds. The van der Waals surface area contributed by atoms with E-state index < -0.39 is 0 Å². The first kappa shape index (κ1) is 20.4. The molecule has 1 unspecified atom stereocenters. The lowest BCUT2D eigenvalue weighted by molar-refractivity contribution is -0.121. The Kier molecular flexibility index (Phi) is 5.77. The first-order valence-corrected chi connectivity index (χ1v) is 10.4. The summed E-state index contributed by atoms with van der Waals surface area (Å²) in [6, 6.07) is 10.3. The van der Waals surface area contributed by atoms with Gasteiger partial charge in [-0.1, -0.05) is 6.07 Å². The molecule has 4 rings (SSSR count). The zero-order valence-corrected chi connectivity index (χ0v) is 17.7. The number of halogens is 1. The summed E-state index contributed by atoms with van der Waals surface area (Å²) >= 11 is 0. The van der Waals surface area contributed by atoms with Gasteiger partial charge in [0.15, 0.2) is 0 Å². The average molecular weight is 410 g/mol. The van der Waals surface area contributed by atoms with E-state index in [-0.39, 0.29) is 17.8 Å². The van der Waals surface area contributed by atoms with E-state index in [4.69, 9.17) is 4.74 Å². The van der Waals surface area contributed by atoms with E-state index in [2.05, 4.69) is 27.5 Å². The topological polar surface area (TPSA) is 57.4 Å². The largest absolute Gasteiger partial charge is 0.497 e. The summed E-state index contributed by atoms with van der Waals surface area (Å²) in [6.07, 6.45) is 4.08. The third kappa shape index (κ3) is 4.05. The maximum absolute atomic E-state index is 13.5. The molecule has 0 saturated carbocycles. The number of carbonyl (C=O) groups excluding carboxylic acids is 1. The van der Waals surface area contributed by atoms with Crippen LogP contribution in [0.5, 0.6) is 5.75 Å². The highest BCUT2D eigenvalue weighted by Gasteiger charge is 2.28. The molecule has 0 radical (unpaired) electrons. The smallest absolute Gasteiger partial charge is 0.241 e. The summed E-state index contributed by atoms with van der Waals surface area (Å²) in [7, 11) is 1.68. The van der Waals surface area contributed by atoms with Crippen LogP contribution in [-0.2, 0) is 4.79 Å². The third-order valence-electron chi connectivity index (χ3n) is 6.27. The number of anilines is 1. The molecule has 1 aliphatic rings. The molecule has 2 aromatic carbocycles. The minimum absolute atomic E-state index is 0.0982. The van der Waals surface area contributed by atoms with Crippen molar-refractivity contribution in [1.29, 1.82) is 0 Å². The lowest BCUT2D eigenvalue weighted by atomic mass is 9.88. The number of hydrogen-bond acceptors (Lipinski definition) is 3. The van der Waals surface area contributed by atoms with Gasteiger partial charge < -0.3 is 15.0 Å². The molecular weight excluding hydrogens is 381 g/mol. The van der Waals surface area contributed by atoms with Crippen molar-refractivity contribution < 1.29 is 13.9 Å². The fraction of sp³-hybridized carbons (Fsp3) is 0.375. The van der Waals surface area contributed by atoms with Crippen molar-refractivity contribution in [2.24, 2.45) is 0 Å². The van der Waals surface area contributed by atoms with E-state index >= 15 is 0 Å². The number of likely N-dealkylation sites (tertiary alicyclic amines) is 1. The predicted molar refractivity (Wildman–Crippen MR) is 118 cm³/mol. The van der Waals surface area contributed by atoms with E-state index in [1.807, 2.05) is 26.0 Å². The zero-order chi connectivity index (χ0) is 21.3. The summed E-state index contributed by atoms with van der Waals surface area (Å²) in [5, 5.41) is 4.09. The molecule has 1 saturated heterocycles. The number of carbonyl (C=O) groups is 1. The SMILES string of the molecule is COc1ccc2[nH]cc(C3CCN(C(C)C(=O)Nc4cc(F)ccc4C)CC3)c2c1. The molecule has 158 valence electrons. The first-order chi connectivity index (χ1) is 14.5. The number of nitrogens with zero attached hydrogens (tertiary/aromatic N) is 1. The van der Waals surface area contributed by atoms with Crippen LogP contribution in [0.2, 0.25) is 0 Å². The van der Waals surface area contributed by atoms with Gasteiger partial charge in [-0.05, 0) is 87.2 Å². The Balaban J connectivity index is 1.40. The van der Waals surface area contributed by atoms with Gasteiger partial charge in [0.25, 0.3) is 0 Å². The number of ether oxygens (including phenoxy) is 1. The van der Waals surface area contributed by atoms with Crippen LogP contribution in [0.3, 0.4) is 0 Å². The molecule has 30 heavy (non-hydrogen) atoms. The number of piperidine rings is 1. The second-order valence-electron chi connectivity index (χ2n) is 8.09. The minimum Gasteiger partial charge on any atom is -0.497 e. The Morgan fingerprint density at radius 2 is 2.00 bits per heavy atom. The number of aromatic nitrogens is 1. The van der Waals surface area contributed by atoms with Crippen molar-refractivity contribution in [3.8, 4) is 5.75 Å². The molecule has 3 aromatic rings. The molecule has 0 aliphatic carbocycles. The summed E-state index contributed by atoms with van der Waals surface area (Å²) < 4.78 is 18.9. The summed E-state index contributed by atoms with van der Waals surface area (Å²) in [5.74, 6) is 0.861. The normalized spacial score (nSPS) is 16.5. The summed E-state index contributed by atoms with van der Waals surface area (Å²) in [6.45, 7) is 5.47. The minimum atomic E-state index is -0.347. The highest BCUT2D eigenvalue weighted by atomic mass is 19.1. The zero-order valence-electron chi connectivity index (χ0n) is 17.7. The number of fused-ring (bicyclic) bond motifs is 1. The Bertz CT molecular complexity index is 1050. The molecule has 1 atom stereocenters. The van der Waals surface area contributed by atoms with Crippen molar-refractivity contribution in [3.63, 3.8) is 0 Å². The van der Waals surface area contributed by atoms with Crippen molar-refractivity contribution in [2.75, 3.05) is 25.5 Å². The van der Waals surface area contributed by atoms with Crippen molar-refractivity contribution in [3.05, 3.63) is 59.5 Å². The fourth-order valence-corrected chi connectivity index (χ4v) is 4.32. The first-order valence-electron chi connectivity index (χ1n) is 10.4. The van der Waals surface area contributed by atoms with E-state index in [1.165, 1.54) is 23.1 Å². The molecule has 0 bridgehead atoms. The van der Waals surface area contributed by atoms with Crippen LogP contribution >= 0.6 is 0 Å². The molecule has 5 nitrogen and oxygen atoms in total. The summed E-state index contributed by atoms with van der Waals surface area (Å²) in [5.41, 5.74) is 3.82. The van der Waals surface area contributed by atoms with Crippen LogP contribution in [0, 0.1) is 12.7 Å². The predicted octanol–water partition coefficient (Wildman–Crippen LogP) is 4.83. The van der Waals surface area contributed by atoms with E-state index in [9.17, 15) is 9.18 Å². The van der Waals surface area contributed by atoms with Crippen LogP contribution < -0.4 is 10.1 Å². The number of benzene rings is 2. The standard InChI is InChI=1S/C24H28FN3O2/c1-15-4-5-18(25)12-23(15)27-24(29)16(2)28-10-8-17(9-11-28)21-14-26-22-7-6-19(30-3)13-20(21)22/h4-7,12-14,16-17,26H,8-11H2,1-3H3,(H,27,29). The molecule has 1 aliphatic heterocycles. The molecule has 6 heteroatoms. The highest BCUT2D eigenvalue weighted by Crippen LogP contribution is 2.35. The Hall–Kier alpha value is -2.86. The van der Waals surface area contributed by atoms with E-state index in [0.717, 1.165) is 42.8 Å². The number of aryl methyl sites for hydroxylation is 1. The highest BCUT2D eigenvalue weighted by molar-refractivity contribution is 5.95. The lowest BCUT2D eigenvalue weighted by Gasteiger charge is -2.35. The van der Waals surface area contributed by atoms with Gasteiger partial charge in [-0.3, -0.25) is 9.69 Å². The van der Waals surface area contributed by atoms with Crippen LogP contribution in [0.25, 0.3) is 10.9 Å². The van der Waals surface area contributed by atoms with Crippen LogP contribution in [0.4, 0.5) is 10.1 Å². The maximum atomic E-state index is 13.5. The molecule has 1 fully saturated rings. The maximum Gasteiger partial charge on any atom is 0.241 e. The average Bonchev–Trinajstić information content (AvgIpc) is 3.19. The second kappa shape index (κ2) is 8.48. The fourth-order valence-electron chi connectivity index (χ4n) is 4.32. The second-order valence-corrected chi connectivity index (χ2v) is 8.09. The molecule has 0 spiro atoms. The third-order valence-corrected chi connectivity index (χ3v) is 6.27. The number of methoxy groups -OCH3 is 1. The van der Waals surface area contributed by atoms with Crippen LogP contribution in [-0.4, -0.2) is 42.0 Å². The Morgan fingerprint density at radius 1 is 1.23 bits per heavy atom. The van der Waals surface area contributed by atoms with Gasteiger partial charge in [0.1, 0.15) is 11.6 Å². The van der Waals surface area contributed by atoms with E-state index in [0.29, 0.717) is 11.6 Å². The number of rotatable bonds is 5. The quantitative estimate of drug-likeness (QED) is 0.635. The van der Waals surface area contributed by atoms with Gasteiger partial charge in [0, 0.05) is 22.8 Å². The van der Waals surface area contributed by atoms with E-state index in [1.54, 1.807) is 13.2 Å². The van der Waals surface area contributed by atoms with Crippen molar-refractivity contribution >= 4 is 22.5 Å². The lowest BCUT2D eigenvalue weighted by Crippen LogP contribution is -2.45. The van der Waals surface area contributed by atoms with Crippen molar-refractivity contribution in [2.45, 2.75) is 38.6 Å². The molecular formula is C24H28FN3O2.